The molecular formula is C23H35Cl4N5O. The predicted octanol–water partition coefficient (Wildman–Crippen LogP) is 4.19. The van der Waals surface area contributed by atoms with E-state index < -0.39 is 0 Å². The molecule has 0 aliphatic carbocycles. The molecule has 10 heteroatoms. The lowest BCUT2D eigenvalue weighted by atomic mass is 10.0. The Balaban J connectivity index is 0. The Morgan fingerprint density at radius 2 is 1.27 bits per heavy atom. The van der Waals surface area contributed by atoms with Crippen LogP contribution in [0.4, 0.5) is 0 Å². The minimum absolute atomic E-state index is 0. The molecule has 0 bridgehead atoms. The minimum Gasteiger partial charge on any atom is -0.351 e. The molecule has 0 aliphatic rings. The zero-order valence-corrected chi connectivity index (χ0v) is 21.8. The Labute approximate surface area is 220 Å². The van der Waals surface area contributed by atoms with E-state index >= 15 is 0 Å². The molecular weight excluding hydrogens is 504 g/mol. The number of fused-ring (bicyclic) bond motifs is 2. The summed E-state index contributed by atoms with van der Waals surface area (Å²) in [5.74, 6) is -0.0551. The molecule has 0 atom stereocenters. The fraction of sp³-hybridized carbons (Fsp3) is 0.391. The van der Waals surface area contributed by atoms with E-state index in [0.717, 1.165) is 60.7 Å². The van der Waals surface area contributed by atoms with Crippen LogP contribution in [0, 0.1) is 0 Å². The number of nitrogens with zero attached hydrogens (tertiary/aromatic N) is 2. The molecule has 0 aliphatic heterocycles. The lowest BCUT2D eigenvalue weighted by Gasteiger charge is -2.22. The molecule has 0 unspecified atom stereocenters. The molecule has 1 heterocycles. The molecule has 186 valence electrons. The number of para-hydroxylation sites is 2. The lowest BCUT2D eigenvalue weighted by Crippen LogP contribution is -2.36. The summed E-state index contributed by atoms with van der Waals surface area (Å²) in [6.07, 6.45) is 3.03. The molecule has 0 fully saturated rings. The highest BCUT2D eigenvalue weighted by Crippen LogP contribution is 2.25. The fourth-order valence-electron chi connectivity index (χ4n) is 3.63. The van der Waals surface area contributed by atoms with Crippen LogP contribution in [0.2, 0.25) is 0 Å². The van der Waals surface area contributed by atoms with Crippen molar-refractivity contribution in [1.29, 1.82) is 0 Å². The van der Waals surface area contributed by atoms with Gasteiger partial charge in [-0.15, -0.1) is 49.6 Å². The SMILES string of the molecule is Cl.Cl.Cl.Cl.NCCCCN(CCCN)CCNC(=O)c1c2ccccc2nc2ccccc12. The molecule has 33 heavy (non-hydrogen) atoms. The van der Waals surface area contributed by atoms with E-state index in [1.807, 2.05) is 48.5 Å². The van der Waals surface area contributed by atoms with E-state index in [1.54, 1.807) is 0 Å². The second-order valence-electron chi connectivity index (χ2n) is 7.26. The Morgan fingerprint density at radius 3 is 1.82 bits per heavy atom. The predicted molar refractivity (Wildman–Crippen MR) is 149 cm³/mol. The van der Waals surface area contributed by atoms with Crippen molar-refractivity contribution in [2.24, 2.45) is 11.5 Å². The molecule has 0 radical (unpaired) electrons. The molecule has 2 aromatic carbocycles. The van der Waals surface area contributed by atoms with Crippen molar-refractivity contribution < 1.29 is 4.79 Å². The largest absolute Gasteiger partial charge is 0.351 e. The molecule has 5 N–H and O–H groups in total. The van der Waals surface area contributed by atoms with Gasteiger partial charge in [0.25, 0.3) is 5.91 Å². The van der Waals surface area contributed by atoms with Gasteiger partial charge in [0.05, 0.1) is 16.6 Å². The third kappa shape index (κ3) is 9.41. The number of halogens is 4. The summed E-state index contributed by atoms with van der Waals surface area (Å²) in [4.78, 5) is 20.2. The van der Waals surface area contributed by atoms with Gasteiger partial charge in [-0.25, -0.2) is 4.98 Å². The van der Waals surface area contributed by atoms with E-state index in [1.165, 1.54) is 0 Å². The molecule has 3 rings (SSSR count). The van der Waals surface area contributed by atoms with Crippen molar-refractivity contribution >= 4 is 77.3 Å². The first-order valence-electron chi connectivity index (χ1n) is 10.4. The number of hydrogen-bond acceptors (Lipinski definition) is 5. The number of unbranched alkanes of at least 4 members (excludes halogenated alkanes) is 1. The number of aromatic nitrogens is 1. The van der Waals surface area contributed by atoms with Crippen molar-refractivity contribution in [3.63, 3.8) is 0 Å². The maximum atomic E-state index is 13.1. The van der Waals surface area contributed by atoms with Crippen LogP contribution < -0.4 is 16.8 Å². The number of carbonyl (C=O) groups is 1. The molecule has 1 aromatic heterocycles. The number of benzene rings is 2. The average Bonchev–Trinajstić information content (AvgIpc) is 2.75. The second-order valence-corrected chi connectivity index (χ2v) is 7.26. The lowest BCUT2D eigenvalue weighted by molar-refractivity contribution is 0.0951. The van der Waals surface area contributed by atoms with Crippen LogP contribution in [-0.2, 0) is 0 Å². The van der Waals surface area contributed by atoms with E-state index in [4.69, 9.17) is 16.5 Å². The van der Waals surface area contributed by atoms with E-state index in [2.05, 4.69) is 10.2 Å². The molecule has 6 nitrogen and oxygen atoms in total. The Morgan fingerprint density at radius 1 is 0.758 bits per heavy atom. The Kier molecular flexibility index (Phi) is 18.4. The quantitative estimate of drug-likeness (QED) is 0.251. The number of nitrogens with two attached hydrogens (primary N) is 2. The molecule has 3 aromatic rings. The summed E-state index contributed by atoms with van der Waals surface area (Å²) in [5.41, 5.74) is 13.6. The number of pyridine rings is 1. The van der Waals surface area contributed by atoms with Crippen molar-refractivity contribution in [3.8, 4) is 0 Å². The van der Waals surface area contributed by atoms with E-state index in [0.29, 0.717) is 25.2 Å². The highest BCUT2D eigenvalue weighted by molar-refractivity contribution is 6.16. The van der Waals surface area contributed by atoms with Gasteiger partial charge in [0.2, 0.25) is 0 Å². The summed E-state index contributed by atoms with van der Waals surface area (Å²) in [5, 5.41) is 4.88. The zero-order valence-electron chi connectivity index (χ0n) is 18.6. The highest BCUT2D eigenvalue weighted by Gasteiger charge is 2.15. The first-order valence-corrected chi connectivity index (χ1v) is 10.4. The van der Waals surface area contributed by atoms with Gasteiger partial charge in [0.1, 0.15) is 0 Å². The number of rotatable bonds is 11. The third-order valence-corrected chi connectivity index (χ3v) is 5.14. The van der Waals surface area contributed by atoms with Crippen LogP contribution in [-0.4, -0.2) is 55.1 Å². The molecule has 0 spiro atoms. The first kappa shape index (κ1) is 33.8. The van der Waals surface area contributed by atoms with Crippen molar-refractivity contribution in [2.75, 3.05) is 39.3 Å². The van der Waals surface area contributed by atoms with Crippen molar-refractivity contribution in [1.82, 2.24) is 15.2 Å². The van der Waals surface area contributed by atoms with Gasteiger partial charge in [-0.1, -0.05) is 36.4 Å². The van der Waals surface area contributed by atoms with Crippen LogP contribution in [0.25, 0.3) is 21.8 Å². The summed E-state index contributed by atoms with van der Waals surface area (Å²) >= 11 is 0. The van der Waals surface area contributed by atoms with Gasteiger partial charge >= 0.3 is 0 Å². The first-order chi connectivity index (χ1) is 14.2. The van der Waals surface area contributed by atoms with Gasteiger partial charge < -0.3 is 21.7 Å². The maximum absolute atomic E-state index is 13.1. The average molecular weight is 539 g/mol. The summed E-state index contributed by atoms with van der Waals surface area (Å²) in [6, 6.07) is 15.6. The smallest absolute Gasteiger partial charge is 0.252 e. The second kappa shape index (κ2) is 18.0. The van der Waals surface area contributed by atoms with E-state index in [-0.39, 0.29) is 55.5 Å². The van der Waals surface area contributed by atoms with Crippen LogP contribution in [0.15, 0.2) is 48.5 Å². The number of hydrogen-bond donors (Lipinski definition) is 3. The summed E-state index contributed by atoms with van der Waals surface area (Å²) in [7, 11) is 0. The van der Waals surface area contributed by atoms with Crippen LogP contribution in [0.3, 0.4) is 0 Å². The van der Waals surface area contributed by atoms with Crippen LogP contribution in [0.1, 0.15) is 29.6 Å². The normalized spacial score (nSPS) is 10.0. The van der Waals surface area contributed by atoms with Crippen LogP contribution in [0.5, 0.6) is 0 Å². The summed E-state index contributed by atoms with van der Waals surface area (Å²) < 4.78 is 0. The monoisotopic (exact) mass is 537 g/mol. The maximum Gasteiger partial charge on any atom is 0.252 e. The molecule has 0 saturated heterocycles. The van der Waals surface area contributed by atoms with Gasteiger partial charge in [0, 0.05) is 23.9 Å². The van der Waals surface area contributed by atoms with Gasteiger partial charge in [0.15, 0.2) is 0 Å². The van der Waals surface area contributed by atoms with Crippen LogP contribution >= 0.6 is 49.6 Å². The zero-order chi connectivity index (χ0) is 20.5. The third-order valence-electron chi connectivity index (χ3n) is 5.14. The Bertz CT molecular complexity index is 906. The van der Waals surface area contributed by atoms with Crippen molar-refractivity contribution in [3.05, 3.63) is 54.1 Å². The van der Waals surface area contributed by atoms with E-state index in [9.17, 15) is 4.79 Å². The molecule has 0 saturated carbocycles. The van der Waals surface area contributed by atoms with Gasteiger partial charge in [-0.3, -0.25) is 4.79 Å². The fourth-order valence-corrected chi connectivity index (χ4v) is 3.63. The van der Waals surface area contributed by atoms with Gasteiger partial charge in [-0.05, 0) is 57.6 Å². The number of carbonyl (C=O) groups excluding carboxylic acids is 1. The minimum atomic E-state index is -0.0551. The number of nitrogens with one attached hydrogen (secondary N) is 1. The highest BCUT2D eigenvalue weighted by atomic mass is 35.5. The molecule has 1 amide bonds. The van der Waals surface area contributed by atoms with Gasteiger partial charge in [-0.2, -0.15) is 0 Å². The number of amides is 1. The summed E-state index contributed by atoms with van der Waals surface area (Å²) in [6.45, 7) is 4.71. The Hall–Kier alpha value is -1.38. The van der Waals surface area contributed by atoms with Crippen molar-refractivity contribution in [2.45, 2.75) is 19.3 Å². The standard InChI is InChI=1S/C23H31N5O.4ClH/c24-12-5-6-15-28(16-7-13-25)17-14-26-23(29)22-18-8-1-3-10-20(18)27-21-11-4-2-9-19(21)22;;;;/h1-4,8-11H,5-7,12-17,24-25H2,(H,26,29);4*1H. The topological polar surface area (TPSA) is 97.3 Å².